The summed E-state index contributed by atoms with van der Waals surface area (Å²) < 4.78 is 0. The lowest BCUT2D eigenvalue weighted by atomic mass is 9.46. The van der Waals surface area contributed by atoms with Gasteiger partial charge in [-0.25, -0.2) is 0 Å². The Hall–Kier alpha value is -0.340. The van der Waals surface area contributed by atoms with E-state index in [4.69, 9.17) is 0 Å². The van der Waals surface area contributed by atoms with Gasteiger partial charge in [0.25, 0.3) is 0 Å². The zero-order valence-corrected chi connectivity index (χ0v) is 19.7. The molecule has 4 aliphatic carbocycles. The van der Waals surface area contributed by atoms with Gasteiger partial charge in [-0.15, -0.1) is 0 Å². The fraction of sp³-hybridized carbons (Fsp3) is 0.926. The molecular formula is C27H46O2. The van der Waals surface area contributed by atoms with Crippen LogP contribution in [-0.2, 0) is 0 Å². The van der Waals surface area contributed by atoms with Crippen molar-refractivity contribution in [2.75, 3.05) is 0 Å². The molecule has 4 rings (SSSR count). The van der Waals surface area contributed by atoms with Crippen LogP contribution in [0, 0.1) is 46.3 Å². The monoisotopic (exact) mass is 402 g/mol. The number of aliphatic hydroxyl groups is 2. The maximum atomic E-state index is 11.1. The Morgan fingerprint density at radius 3 is 2.52 bits per heavy atom. The summed E-state index contributed by atoms with van der Waals surface area (Å²) >= 11 is 0. The maximum Gasteiger partial charge on any atom is 0.0658 e. The molecule has 9 atom stereocenters. The molecule has 2 heteroatoms. The standard InChI is InChI=1S/C27H46O2/c1-17(2)7-6-8-18(3)22-11-12-23-21-10-9-19-15-20(28)16-25(29)27(19,5)24(21)13-14-26(22,23)4/h9,17-18,20-25,28-29H,6-8,10-16H2,1-5H3/t18-,20-,21+,22-,23+,24+,25-,26-,27+/m1/s1. The van der Waals surface area contributed by atoms with Crippen molar-refractivity contribution in [1.29, 1.82) is 0 Å². The molecule has 0 spiro atoms. The van der Waals surface area contributed by atoms with Crippen LogP contribution in [0.2, 0.25) is 0 Å². The SMILES string of the molecule is CC(C)CCC[C@@H](C)[C@H]1CC[C@H]2[C@@H]3CC=C4C[C@@H](O)C[C@@H](O)[C@]4(C)[C@H]3CC[C@]12C. The molecule has 0 bridgehead atoms. The minimum atomic E-state index is -0.373. The zero-order chi connectivity index (χ0) is 21.0. The van der Waals surface area contributed by atoms with Crippen molar-refractivity contribution < 1.29 is 10.2 Å². The van der Waals surface area contributed by atoms with Gasteiger partial charge >= 0.3 is 0 Å². The molecule has 0 saturated heterocycles. The van der Waals surface area contributed by atoms with Crippen LogP contribution >= 0.6 is 0 Å². The topological polar surface area (TPSA) is 40.5 Å². The van der Waals surface area contributed by atoms with E-state index in [1.807, 2.05) is 0 Å². The van der Waals surface area contributed by atoms with Crippen LogP contribution in [0.4, 0.5) is 0 Å². The first-order valence-corrected chi connectivity index (χ1v) is 12.7. The van der Waals surface area contributed by atoms with Gasteiger partial charge in [-0.3, -0.25) is 0 Å². The quantitative estimate of drug-likeness (QED) is 0.525. The Morgan fingerprint density at radius 2 is 1.79 bits per heavy atom. The number of hydrogen-bond donors (Lipinski definition) is 2. The van der Waals surface area contributed by atoms with Crippen molar-refractivity contribution >= 4 is 0 Å². The smallest absolute Gasteiger partial charge is 0.0658 e. The van der Waals surface area contributed by atoms with Crippen molar-refractivity contribution in [3.05, 3.63) is 11.6 Å². The Labute approximate surface area is 179 Å². The van der Waals surface area contributed by atoms with Gasteiger partial charge < -0.3 is 10.2 Å². The number of fused-ring (bicyclic) bond motifs is 5. The minimum Gasteiger partial charge on any atom is -0.393 e. The second-order valence-corrected chi connectivity index (χ2v) is 12.3. The first kappa shape index (κ1) is 21.9. The molecule has 0 aromatic heterocycles. The third-order valence-corrected chi connectivity index (χ3v) is 10.4. The van der Waals surface area contributed by atoms with Crippen molar-refractivity contribution in [2.45, 2.75) is 111 Å². The average molecular weight is 403 g/mol. The van der Waals surface area contributed by atoms with Crippen molar-refractivity contribution in [1.82, 2.24) is 0 Å². The normalized spacial score (nSPS) is 47.9. The highest BCUT2D eigenvalue weighted by Crippen LogP contribution is 2.67. The molecular weight excluding hydrogens is 356 g/mol. The molecule has 0 heterocycles. The number of rotatable bonds is 5. The van der Waals surface area contributed by atoms with E-state index in [9.17, 15) is 10.2 Å². The summed E-state index contributed by atoms with van der Waals surface area (Å²) in [6.07, 6.45) is 13.8. The predicted molar refractivity (Wildman–Crippen MR) is 120 cm³/mol. The summed E-state index contributed by atoms with van der Waals surface area (Å²) in [5.74, 6) is 4.73. The number of aliphatic hydroxyl groups excluding tert-OH is 2. The number of allylic oxidation sites excluding steroid dienone is 1. The van der Waals surface area contributed by atoms with Gasteiger partial charge in [-0.2, -0.15) is 0 Å². The van der Waals surface area contributed by atoms with Crippen LogP contribution in [0.5, 0.6) is 0 Å². The molecule has 166 valence electrons. The second kappa shape index (κ2) is 7.97. The highest BCUT2D eigenvalue weighted by molar-refractivity contribution is 5.27. The molecule has 0 unspecified atom stereocenters. The second-order valence-electron chi connectivity index (χ2n) is 12.3. The van der Waals surface area contributed by atoms with Crippen molar-refractivity contribution in [2.24, 2.45) is 46.3 Å². The summed E-state index contributed by atoms with van der Waals surface area (Å²) in [5.41, 5.74) is 1.77. The van der Waals surface area contributed by atoms with Gasteiger partial charge in [-0.1, -0.05) is 65.5 Å². The van der Waals surface area contributed by atoms with Crippen LogP contribution in [0.15, 0.2) is 11.6 Å². The van der Waals surface area contributed by atoms with Crippen LogP contribution in [-0.4, -0.2) is 22.4 Å². The Morgan fingerprint density at radius 1 is 1.03 bits per heavy atom. The van der Waals surface area contributed by atoms with Gasteiger partial charge in [-0.05, 0) is 79.4 Å². The Balaban J connectivity index is 1.52. The molecule has 4 aliphatic rings. The van der Waals surface area contributed by atoms with Gasteiger partial charge in [0.15, 0.2) is 0 Å². The molecule has 0 radical (unpaired) electrons. The molecule has 3 saturated carbocycles. The third-order valence-electron chi connectivity index (χ3n) is 10.4. The summed E-state index contributed by atoms with van der Waals surface area (Å²) in [6, 6.07) is 0. The van der Waals surface area contributed by atoms with E-state index in [-0.39, 0.29) is 17.6 Å². The van der Waals surface area contributed by atoms with Crippen LogP contribution in [0.1, 0.15) is 98.8 Å². The van der Waals surface area contributed by atoms with Gasteiger partial charge in [0.1, 0.15) is 0 Å². The van der Waals surface area contributed by atoms with Crippen LogP contribution in [0.25, 0.3) is 0 Å². The Kier molecular flexibility index (Phi) is 6.01. The highest BCUT2D eigenvalue weighted by atomic mass is 16.3. The summed E-state index contributed by atoms with van der Waals surface area (Å²) in [4.78, 5) is 0. The lowest BCUT2D eigenvalue weighted by Crippen LogP contribution is -2.55. The fourth-order valence-corrected chi connectivity index (χ4v) is 8.73. The molecule has 0 aliphatic heterocycles. The van der Waals surface area contributed by atoms with Crippen molar-refractivity contribution in [3.63, 3.8) is 0 Å². The van der Waals surface area contributed by atoms with E-state index in [0.29, 0.717) is 17.8 Å². The Bertz CT molecular complexity index is 624. The van der Waals surface area contributed by atoms with Crippen molar-refractivity contribution in [3.8, 4) is 0 Å². The van der Waals surface area contributed by atoms with E-state index in [0.717, 1.165) is 36.0 Å². The molecule has 29 heavy (non-hydrogen) atoms. The first-order valence-electron chi connectivity index (χ1n) is 12.7. The number of hydrogen-bond acceptors (Lipinski definition) is 2. The minimum absolute atomic E-state index is 0.0928. The summed E-state index contributed by atoms with van der Waals surface area (Å²) in [5, 5.41) is 21.3. The molecule has 2 N–H and O–H groups in total. The largest absolute Gasteiger partial charge is 0.393 e. The fourth-order valence-electron chi connectivity index (χ4n) is 8.73. The third kappa shape index (κ3) is 3.55. The summed E-state index contributed by atoms with van der Waals surface area (Å²) in [6.45, 7) is 12.2. The zero-order valence-electron chi connectivity index (χ0n) is 19.7. The molecule has 3 fully saturated rings. The van der Waals surface area contributed by atoms with E-state index >= 15 is 0 Å². The molecule has 0 aromatic carbocycles. The molecule has 0 aromatic rings. The average Bonchev–Trinajstić information content (AvgIpc) is 3.00. The van der Waals surface area contributed by atoms with Gasteiger partial charge in [0, 0.05) is 11.8 Å². The summed E-state index contributed by atoms with van der Waals surface area (Å²) in [7, 11) is 0. The van der Waals surface area contributed by atoms with E-state index in [1.54, 1.807) is 0 Å². The van der Waals surface area contributed by atoms with E-state index < -0.39 is 0 Å². The molecule has 0 amide bonds. The van der Waals surface area contributed by atoms with E-state index in [2.05, 4.69) is 40.7 Å². The van der Waals surface area contributed by atoms with Gasteiger partial charge in [0.05, 0.1) is 12.2 Å². The predicted octanol–water partition coefficient (Wildman–Crippen LogP) is 6.36. The first-order chi connectivity index (χ1) is 13.7. The van der Waals surface area contributed by atoms with Crippen LogP contribution < -0.4 is 0 Å². The highest BCUT2D eigenvalue weighted by Gasteiger charge is 2.60. The molecule has 2 nitrogen and oxygen atoms in total. The van der Waals surface area contributed by atoms with Crippen LogP contribution in [0.3, 0.4) is 0 Å². The maximum absolute atomic E-state index is 11.1. The lowest BCUT2D eigenvalue weighted by Gasteiger charge is -2.59. The van der Waals surface area contributed by atoms with Gasteiger partial charge in [0.2, 0.25) is 0 Å². The van der Waals surface area contributed by atoms with E-state index in [1.165, 1.54) is 56.9 Å². The lowest BCUT2D eigenvalue weighted by molar-refractivity contribution is -0.108.